The summed E-state index contributed by atoms with van der Waals surface area (Å²) in [7, 11) is 0. The fourth-order valence-electron chi connectivity index (χ4n) is 4.88. The van der Waals surface area contributed by atoms with E-state index in [0.29, 0.717) is 23.4 Å². The van der Waals surface area contributed by atoms with Crippen LogP contribution in [0.2, 0.25) is 0 Å². The Labute approximate surface area is 209 Å². The molecule has 174 valence electrons. The second kappa shape index (κ2) is 9.23. The van der Waals surface area contributed by atoms with Gasteiger partial charge in [-0.05, 0) is 28.7 Å². The lowest BCUT2D eigenvalue weighted by molar-refractivity contribution is 0.0995. The number of benzene rings is 4. The molecule has 0 saturated heterocycles. The van der Waals surface area contributed by atoms with E-state index < -0.39 is 0 Å². The van der Waals surface area contributed by atoms with E-state index >= 15 is 0 Å². The maximum Gasteiger partial charge on any atom is 0.213 e. The van der Waals surface area contributed by atoms with Gasteiger partial charge in [-0.1, -0.05) is 109 Å². The van der Waals surface area contributed by atoms with Crippen molar-refractivity contribution in [3.63, 3.8) is 0 Å². The molecule has 6 rings (SSSR count). The number of fused-ring (bicyclic) bond motifs is 1. The van der Waals surface area contributed by atoms with Gasteiger partial charge in [-0.15, -0.1) is 0 Å². The van der Waals surface area contributed by atoms with Gasteiger partial charge in [-0.25, -0.2) is 4.98 Å². The van der Waals surface area contributed by atoms with Crippen molar-refractivity contribution in [3.05, 3.63) is 138 Å². The van der Waals surface area contributed by atoms with Gasteiger partial charge in [-0.3, -0.25) is 9.59 Å². The number of imidazole rings is 1. The normalized spacial score (nSPS) is 12.3. The van der Waals surface area contributed by atoms with Crippen LogP contribution in [0.4, 0.5) is 0 Å². The van der Waals surface area contributed by atoms with Gasteiger partial charge in [0, 0.05) is 24.1 Å². The van der Waals surface area contributed by atoms with Crippen molar-refractivity contribution in [2.75, 3.05) is 0 Å². The van der Waals surface area contributed by atoms with Crippen molar-refractivity contribution in [2.45, 2.75) is 19.4 Å². The zero-order valence-corrected chi connectivity index (χ0v) is 19.7. The Bertz CT molecular complexity index is 1550. The Balaban J connectivity index is 1.33. The molecule has 1 aliphatic rings. The molecule has 0 unspecified atom stereocenters. The summed E-state index contributed by atoms with van der Waals surface area (Å²) < 4.78 is 1.93. The molecule has 36 heavy (non-hydrogen) atoms. The van der Waals surface area contributed by atoms with Crippen molar-refractivity contribution >= 4 is 11.6 Å². The smallest absolute Gasteiger partial charge is 0.213 e. The van der Waals surface area contributed by atoms with Crippen molar-refractivity contribution in [2.24, 2.45) is 0 Å². The second-order valence-electron chi connectivity index (χ2n) is 9.03. The van der Waals surface area contributed by atoms with Gasteiger partial charge in [0.05, 0.1) is 0 Å². The van der Waals surface area contributed by atoms with Gasteiger partial charge in [0.25, 0.3) is 0 Å². The Morgan fingerprint density at radius 2 is 1.06 bits per heavy atom. The number of nitrogens with zero attached hydrogens (tertiary/aromatic N) is 2. The van der Waals surface area contributed by atoms with Crippen LogP contribution in [0.15, 0.2) is 109 Å². The topological polar surface area (TPSA) is 52.0 Å². The van der Waals surface area contributed by atoms with Gasteiger partial charge in [0.15, 0.2) is 0 Å². The van der Waals surface area contributed by atoms with Crippen LogP contribution in [-0.4, -0.2) is 21.1 Å². The molecule has 1 aliphatic heterocycles. The van der Waals surface area contributed by atoms with E-state index in [1.807, 2.05) is 114 Å². The number of aromatic nitrogens is 2. The number of carbonyl (C=O) groups is 2. The highest BCUT2D eigenvalue weighted by Gasteiger charge is 2.30. The van der Waals surface area contributed by atoms with Crippen LogP contribution in [0.5, 0.6) is 0 Å². The van der Waals surface area contributed by atoms with Gasteiger partial charge in [0.1, 0.15) is 17.2 Å². The summed E-state index contributed by atoms with van der Waals surface area (Å²) in [6, 6.07) is 35.2. The molecule has 0 fully saturated rings. The highest BCUT2D eigenvalue weighted by Crippen LogP contribution is 2.27. The zero-order valence-electron chi connectivity index (χ0n) is 19.7. The molecule has 1 aromatic heterocycles. The summed E-state index contributed by atoms with van der Waals surface area (Å²) in [5, 5.41) is 0. The van der Waals surface area contributed by atoms with E-state index in [-0.39, 0.29) is 17.3 Å². The molecule has 4 nitrogen and oxygen atoms in total. The van der Waals surface area contributed by atoms with Crippen LogP contribution >= 0.6 is 0 Å². The molecule has 4 aromatic carbocycles. The quantitative estimate of drug-likeness (QED) is 0.263. The lowest BCUT2D eigenvalue weighted by atomic mass is 9.98. The van der Waals surface area contributed by atoms with E-state index in [9.17, 15) is 9.59 Å². The number of carbonyl (C=O) groups excluding carboxylic acids is 2. The Kier molecular flexibility index (Phi) is 5.62. The average molecular weight is 469 g/mol. The molecule has 4 heteroatoms. The molecule has 2 heterocycles. The Morgan fingerprint density at radius 1 is 0.583 bits per heavy atom. The first-order valence-electron chi connectivity index (χ1n) is 12.2. The standard InChI is InChI=1S/C32H24N2O2/c35-31(26-17-13-24(14-18-26)22-8-3-1-4-9-22)29-30(34-21-7-12-28(34)33-29)32(36)27-19-15-25(16-20-27)23-10-5-2-6-11-23/h1-6,8-11,13-20H,7,12,21H2. The maximum atomic E-state index is 13.7. The molecule has 0 aliphatic carbocycles. The molecule has 0 radical (unpaired) electrons. The highest BCUT2D eigenvalue weighted by molar-refractivity contribution is 6.18. The van der Waals surface area contributed by atoms with Crippen LogP contribution in [0.3, 0.4) is 0 Å². The second-order valence-corrected chi connectivity index (χ2v) is 9.03. The minimum atomic E-state index is -0.222. The maximum absolute atomic E-state index is 13.7. The molecule has 0 spiro atoms. The largest absolute Gasteiger partial charge is 0.325 e. The van der Waals surface area contributed by atoms with Crippen LogP contribution in [0.1, 0.15) is 44.3 Å². The fourth-order valence-corrected chi connectivity index (χ4v) is 4.88. The van der Waals surface area contributed by atoms with Crippen LogP contribution in [-0.2, 0) is 13.0 Å². The summed E-state index contributed by atoms with van der Waals surface area (Å²) in [4.78, 5) is 31.9. The minimum absolute atomic E-state index is 0.167. The summed E-state index contributed by atoms with van der Waals surface area (Å²) >= 11 is 0. The molecule has 0 bridgehead atoms. The molecule has 0 saturated carbocycles. The van der Waals surface area contributed by atoms with E-state index in [4.69, 9.17) is 0 Å². The van der Waals surface area contributed by atoms with Crippen molar-refractivity contribution in [1.29, 1.82) is 0 Å². The van der Waals surface area contributed by atoms with Gasteiger partial charge in [-0.2, -0.15) is 0 Å². The van der Waals surface area contributed by atoms with Crippen LogP contribution < -0.4 is 0 Å². The first-order valence-corrected chi connectivity index (χ1v) is 12.2. The molecular formula is C32H24N2O2. The number of hydrogen-bond donors (Lipinski definition) is 0. The highest BCUT2D eigenvalue weighted by atomic mass is 16.1. The lowest BCUT2D eigenvalue weighted by Gasteiger charge is -2.09. The SMILES string of the molecule is O=C(c1ccc(-c2ccccc2)cc1)c1nc2n(c1C(=O)c1ccc(-c3ccccc3)cc1)CCC2. The first-order chi connectivity index (χ1) is 17.7. The third-order valence-corrected chi connectivity index (χ3v) is 6.77. The van der Waals surface area contributed by atoms with Crippen molar-refractivity contribution < 1.29 is 9.59 Å². The van der Waals surface area contributed by atoms with E-state index in [1.54, 1.807) is 0 Å². The van der Waals surface area contributed by atoms with E-state index in [1.165, 1.54) is 0 Å². The van der Waals surface area contributed by atoms with Crippen LogP contribution in [0.25, 0.3) is 22.3 Å². The fraction of sp³-hybridized carbons (Fsp3) is 0.0938. The van der Waals surface area contributed by atoms with Gasteiger partial charge >= 0.3 is 0 Å². The Morgan fingerprint density at radius 3 is 1.58 bits per heavy atom. The number of aryl methyl sites for hydroxylation is 1. The summed E-state index contributed by atoms with van der Waals surface area (Å²) in [5.41, 5.74) is 5.98. The minimum Gasteiger partial charge on any atom is -0.325 e. The summed E-state index contributed by atoms with van der Waals surface area (Å²) in [6.07, 6.45) is 1.70. The summed E-state index contributed by atoms with van der Waals surface area (Å²) in [5.74, 6) is 0.420. The number of hydrogen-bond acceptors (Lipinski definition) is 3. The van der Waals surface area contributed by atoms with Gasteiger partial charge < -0.3 is 4.57 Å². The van der Waals surface area contributed by atoms with Crippen LogP contribution in [0, 0.1) is 0 Å². The molecule has 5 aromatic rings. The Hall–Kier alpha value is -4.57. The van der Waals surface area contributed by atoms with E-state index in [0.717, 1.165) is 40.9 Å². The van der Waals surface area contributed by atoms with Crippen molar-refractivity contribution in [3.8, 4) is 22.3 Å². The van der Waals surface area contributed by atoms with E-state index in [2.05, 4.69) is 4.98 Å². The molecule has 0 N–H and O–H groups in total. The number of rotatable bonds is 6. The third kappa shape index (κ3) is 3.97. The third-order valence-electron chi connectivity index (χ3n) is 6.77. The lowest BCUT2D eigenvalue weighted by Crippen LogP contribution is -2.15. The predicted molar refractivity (Wildman–Crippen MR) is 141 cm³/mol. The van der Waals surface area contributed by atoms with Crippen molar-refractivity contribution in [1.82, 2.24) is 9.55 Å². The molecular weight excluding hydrogens is 444 g/mol. The average Bonchev–Trinajstić information content (AvgIpc) is 3.55. The number of ketones is 2. The molecule has 0 amide bonds. The van der Waals surface area contributed by atoms with Gasteiger partial charge in [0.2, 0.25) is 11.6 Å². The zero-order chi connectivity index (χ0) is 24.5. The first kappa shape index (κ1) is 21.9. The summed E-state index contributed by atoms with van der Waals surface area (Å²) in [6.45, 7) is 0.700. The molecule has 0 atom stereocenters. The monoisotopic (exact) mass is 468 g/mol. The predicted octanol–water partition coefficient (Wildman–Crippen LogP) is 6.63.